The summed E-state index contributed by atoms with van der Waals surface area (Å²) in [4.78, 5) is 18.8. The van der Waals surface area contributed by atoms with Gasteiger partial charge in [0.05, 0.1) is 5.56 Å². The average Bonchev–Trinajstić information content (AvgIpc) is 2.53. The van der Waals surface area contributed by atoms with Gasteiger partial charge in [0.25, 0.3) is 5.91 Å². The molecule has 0 saturated heterocycles. The predicted molar refractivity (Wildman–Crippen MR) is 87.8 cm³/mol. The number of carbonyl (C=O) groups excluding carboxylic acids is 1. The Balaban J connectivity index is 2.31. The van der Waals surface area contributed by atoms with Crippen molar-refractivity contribution >= 4 is 22.5 Å². The highest BCUT2D eigenvalue weighted by molar-refractivity contribution is 6.09. The summed E-state index contributed by atoms with van der Waals surface area (Å²) in [6.07, 6.45) is 5.02. The third-order valence-electron chi connectivity index (χ3n) is 3.71. The molecule has 0 aliphatic carbocycles. The number of amides is 1. The van der Waals surface area contributed by atoms with Gasteiger partial charge < -0.3 is 10.2 Å². The molecule has 4 heteroatoms. The Kier molecular flexibility index (Phi) is 5.14. The molecule has 0 fully saturated rings. The molecule has 4 nitrogen and oxygen atoms in total. The number of nitrogens with one attached hydrogen (secondary N) is 1. The standard InChI is InChI=1S/C17H23N3O/c1-4-5-8-11-20(3)17(21)15-12-19-16(18-2)14-10-7-6-9-13(14)15/h6-7,9-10,12H,4-5,8,11H2,1-3H3,(H,18,19). The molecular weight excluding hydrogens is 262 g/mol. The van der Waals surface area contributed by atoms with E-state index in [1.54, 1.807) is 11.1 Å². The lowest BCUT2D eigenvalue weighted by molar-refractivity contribution is 0.0794. The van der Waals surface area contributed by atoms with Gasteiger partial charge in [0.1, 0.15) is 5.82 Å². The topological polar surface area (TPSA) is 45.2 Å². The molecule has 1 aromatic heterocycles. The number of carbonyl (C=O) groups is 1. The largest absolute Gasteiger partial charge is 0.373 e. The summed E-state index contributed by atoms with van der Waals surface area (Å²) >= 11 is 0. The molecule has 0 aliphatic rings. The van der Waals surface area contributed by atoms with E-state index in [0.29, 0.717) is 5.56 Å². The summed E-state index contributed by atoms with van der Waals surface area (Å²) in [7, 11) is 3.70. The van der Waals surface area contributed by atoms with Crippen molar-refractivity contribution in [2.24, 2.45) is 0 Å². The van der Waals surface area contributed by atoms with Crippen LogP contribution in [0.4, 0.5) is 5.82 Å². The van der Waals surface area contributed by atoms with Gasteiger partial charge in [-0.25, -0.2) is 4.98 Å². The number of unbranched alkanes of at least 4 members (excludes halogenated alkanes) is 2. The fraction of sp³-hybridized carbons (Fsp3) is 0.412. The van der Waals surface area contributed by atoms with Gasteiger partial charge in [-0.3, -0.25) is 4.79 Å². The molecule has 1 N–H and O–H groups in total. The van der Waals surface area contributed by atoms with Crippen molar-refractivity contribution in [2.75, 3.05) is 26.0 Å². The second kappa shape index (κ2) is 7.07. The van der Waals surface area contributed by atoms with Crippen molar-refractivity contribution < 1.29 is 4.79 Å². The van der Waals surface area contributed by atoms with Gasteiger partial charge in [-0.2, -0.15) is 0 Å². The summed E-state index contributed by atoms with van der Waals surface area (Å²) < 4.78 is 0. The van der Waals surface area contributed by atoms with Gasteiger partial charge in [0, 0.05) is 32.2 Å². The number of benzene rings is 1. The molecule has 112 valence electrons. The molecule has 0 bridgehead atoms. The number of aromatic nitrogens is 1. The van der Waals surface area contributed by atoms with Crippen LogP contribution in [0.1, 0.15) is 36.5 Å². The summed E-state index contributed by atoms with van der Waals surface area (Å²) in [6, 6.07) is 7.88. The van der Waals surface area contributed by atoms with E-state index >= 15 is 0 Å². The molecule has 2 aromatic rings. The van der Waals surface area contributed by atoms with Crippen LogP contribution in [0.2, 0.25) is 0 Å². The Morgan fingerprint density at radius 1 is 1.24 bits per heavy atom. The second-order valence-corrected chi connectivity index (χ2v) is 5.25. The summed E-state index contributed by atoms with van der Waals surface area (Å²) in [6.45, 7) is 2.95. The highest BCUT2D eigenvalue weighted by Crippen LogP contribution is 2.24. The Labute approximate surface area is 126 Å². The van der Waals surface area contributed by atoms with E-state index in [1.807, 2.05) is 38.4 Å². The number of fused-ring (bicyclic) bond motifs is 1. The molecule has 0 atom stereocenters. The van der Waals surface area contributed by atoms with E-state index in [4.69, 9.17) is 0 Å². The molecule has 0 unspecified atom stereocenters. The molecule has 2 rings (SSSR count). The minimum absolute atomic E-state index is 0.0393. The zero-order chi connectivity index (χ0) is 15.2. The summed E-state index contributed by atoms with van der Waals surface area (Å²) in [5.74, 6) is 0.841. The maximum Gasteiger partial charge on any atom is 0.255 e. The number of pyridine rings is 1. The van der Waals surface area contributed by atoms with Crippen LogP contribution >= 0.6 is 0 Å². The molecule has 0 radical (unpaired) electrons. The van der Waals surface area contributed by atoms with Crippen molar-refractivity contribution in [1.29, 1.82) is 0 Å². The average molecular weight is 285 g/mol. The Morgan fingerprint density at radius 3 is 2.62 bits per heavy atom. The van der Waals surface area contributed by atoms with E-state index in [0.717, 1.165) is 42.4 Å². The Morgan fingerprint density at radius 2 is 1.95 bits per heavy atom. The lowest BCUT2D eigenvalue weighted by Crippen LogP contribution is -2.28. The van der Waals surface area contributed by atoms with E-state index in [2.05, 4.69) is 17.2 Å². The van der Waals surface area contributed by atoms with Gasteiger partial charge in [-0.05, 0) is 11.8 Å². The zero-order valence-electron chi connectivity index (χ0n) is 13.0. The summed E-state index contributed by atoms with van der Waals surface area (Å²) in [5, 5.41) is 5.00. The van der Waals surface area contributed by atoms with Gasteiger partial charge in [0.2, 0.25) is 0 Å². The molecule has 21 heavy (non-hydrogen) atoms. The van der Waals surface area contributed by atoms with Crippen molar-refractivity contribution in [3.8, 4) is 0 Å². The minimum atomic E-state index is 0.0393. The molecule has 1 heterocycles. The van der Waals surface area contributed by atoms with Crippen LogP contribution < -0.4 is 5.32 Å². The number of nitrogens with zero attached hydrogens (tertiary/aromatic N) is 2. The number of anilines is 1. The van der Waals surface area contributed by atoms with Crippen LogP contribution in [0.3, 0.4) is 0 Å². The normalized spacial score (nSPS) is 10.6. The first kappa shape index (κ1) is 15.3. The maximum atomic E-state index is 12.6. The predicted octanol–water partition coefficient (Wildman–Crippen LogP) is 3.54. The lowest BCUT2D eigenvalue weighted by atomic mass is 10.1. The molecule has 0 spiro atoms. The molecule has 0 aliphatic heterocycles. The van der Waals surface area contributed by atoms with Gasteiger partial charge >= 0.3 is 0 Å². The third-order valence-corrected chi connectivity index (χ3v) is 3.71. The first-order valence-corrected chi connectivity index (χ1v) is 7.50. The van der Waals surface area contributed by atoms with Crippen molar-refractivity contribution in [1.82, 2.24) is 9.88 Å². The number of rotatable bonds is 6. The van der Waals surface area contributed by atoms with Gasteiger partial charge in [-0.15, -0.1) is 0 Å². The van der Waals surface area contributed by atoms with Crippen molar-refractivity contribution in [3.63, 3.8) is 0 Å². The van der Waals surface area contributed by atoms with Crippen LogP contribution in [-0.2, 0) is 0 Å². The number of hydrogen-bond donors (Lipinski definition) is 1. The maximum absolute atomic E-state index is 12.6. The SMILES string of the molecule is CCCCCN(C)C(=O)c1cnc(NC)c2ccccc12. The van der Waals surface area contributed by atoms with Crippen molar-refractivity contribution in [3.05, 3.63) is 36.0 Å². The van der Waals surface area contributed by atoms with Crippen molar-refractivity contribution in [2.45, 2.75) is 26.2 Å². The minimum Gasteiger partial charge on any atom is -0.373 e. The molecule has 1 amide bonds. The highest BCUT2D eigenvalue weighted by atomic mass is 16.2. The van der Waals surface area contributed by atoms with E-state index in [9.17, 15) is 4.79 Å². The lowest BCUT2D eigenvalue weighted by Gasteiger charge is -2.18. The van der Waals surface area contributed by atoms with E-state index in [1.165, 1.54) is 0 Å². The second-order valence-electron chi connectivity index (χ2n) is 5.25. The smallest absolute Gasteiger partial charge is 0.255 e. The zero-order valence-corrected chi connectivity index (χ0v) is 13.0. The van der Waals surface area contributed by atoms with Crippen LogP contribution in [0.5, 0.6) is 0 Å². The fourth-order valence-electron chi connectivity index (χ4n) is 2.47. The first-order chi connectivity index (χ1) is 10.2. The fourth-order valence-corrected chi connectivity index (χ4v) is 2.47. The third kappa shape index (κ3) is 3.32. The molecule has 0 saturated carbocycles. The van der Waals surface area contributed by atoms with Gasteiger partial charge in [0.15, 0.2) is 0 Å². The van der Waals surface area contributed by atoms with Gasteiger partial charge in [-0.1, -0.05) is 44.0 Å². The first-order valence-electron chi connectivity index (χ1n) is 7.50. The molecule has 1 aromatic carbocycles. The monoisotopic (exact) mass is 285 g/mol. The Hall–Kier alpha value is -2.10. The van der Waals surface area contributed by atoms with Crippen LogP contribution in [0.25, 0.3) is 10.8 Å². The highest BCUT2D eigenvalue weighted by Gasteiger charge is 2.16. The Bertz CT molecular complexity index is 624. The molecular formula is C17H23N3O. The quantitative estimate of drug-likeness (QED) is 0.826. The van der Waals surface area contributed by atoms with E-state index < -0.39 is 0 Å². The van der Waals surface area contributed by atoms with Crippen LogP contribution in [-0.4, -0.2) is 36.4 Å². The van der Waals surface area contributed by atoms with Crippen LogP contribution in [0, 0.1) is 0 Å². The van der Waals surface area contributed by atoms with E-state index in [-0.39, 0.29) is 5.91 Å². The number of hydrogen-bond acceptors (Lipinski definition) is 3. The van der Waals surface area contributed by atoms with Crippen LogP contribution in [0.15, 0.2) is 30.5 Å². The summed E-state index contributed by atoms with van der Waals surface area (Å²) in [5.41, 5.74) is 0.670.